The molecule has 0 aromatic heterocycles. The molecule has 1 heteroatoms. The molecular formula is C15H26O. The van der Waals surface area contributed by atoms with Crippen LogP contribution >= 0.6 is 0 Å². The summed E-state index contributed by atoms with van der Waals surface area (Å²) in [6.45, 7) is 12.3. The van der Waals surface area contributed by atoms with Crippen molar-refractivity contribution in [3.05, 3.63) is 11.6 Å². The fraction of sp³-hybridized carbons (Fsp3) is 0.867. The lowest BCUT2D eigenvalue weighted by Gasteiger charge is -2.54. The van der Waals surface area contributed by atoms with E-state index in [9.17, 15) is 5.11 Å². The summed E-state index contributed by atoms with van der Waals surface area (Å²) in [5, 5.41) is 9.61. The van der Waals surface area contributed by atoms with E-state index >= 15 is 0 Å². The van der Waals surface area contributed by atoms with Crippen molar-refractivity contribution in [3.63, 3.8) is 0 Å². The summed E-state index contributed by atoms with van der Waals surface area (Å²) in [4.78, 5) is 0. The van der Waals surface area contributed by atoms with Gasteiger partial charge in [-0.3, -0.25) is 0 Å². The minimum Gasteiger partial charge on any atom is -0.396 e. The monoisotopic (exact) mass is 222 g/mol. The first-order valence-electron chi connectivity index (χ1n) is 6.58. The number of fused-ring (bicyclic) bond motifs is 1. The third-order valence-corrected chi connectivity index (χ3v) is 6.15. The highest BCUT2D eigenvalue weighted by Gasteiger charge is 2.61. The molecule has 0 spiro atoms. The van der Waals surface area contributed by atoms with Crippen LogP contribution in [0, 0.1) is 22.2 Å². The predicted octanol–water partition coefficient (Wildman–Crippen LogP) is 3.78. The molecule has 2 rings (SSSR count). The fourth-order valence-electron chi connectivity index (χ4n) is 4.29. The van der Waals surface area contributed by atoms with Gasteiger partial charge in [0.1, 0.15) is 0 Å². The maximum Gasteiger partial charge on any atom is 0.0467 e. The topological polar surface area (TPSA) is 20.2 Å². The van der Waals surface area contributed by atoms with Gasteiger partial charge in [0.05, 0.1) is 0 Å². The molecule has 0 aromatic carbocycles. The molecule has 0 radical (unpaired) electrons. The Labute approximate surface area is 99.9 Å². The van der Waals surface area contributed by atoms with Gasteiger partial charge < -0.3 is 5.11 Å². The van der Waals surface area contributed by atoms with Crippen molar-refractivity contribution in [1.82, 2.24) is 0 Å². The molecule has 92 valence electrons. The standard InChI is InChI=1S/C15H26O/c1-13(2)8-6-7-11-9-12(10-16)14(3,4)15(11,13)5/h7,12,16H,6,8-10H2,1-5H3/t12-,15-/m1/s1. The number of aliphatic hydroxyl groups is 1. The van der Waals surface area contributed by atoms with Crippen LogP contribution in [0.25, 0.3) is 0 Å². The van der Waals surface area contributed by atoms with Crippen molar-refractivity contribution in [1.29, 1.82) is 0 Å². The van der Waals surface area contributed by atoms with E-state index < -0.39 is 0 Å². The van der Waals surface area contributed by atoms with Gasteiger partial charge in [0, 0.05) is 6.61 Å². The first kappa shape index (κ1) is 12.2. The minimum atomic E-state index is 0.206. The Kier molecular flexibility index (Phi) is 2.55. The van der Waals surface area contributed by atoms with E-state index in [1.54, 1.807) is 5.57 Å². The Balaban J connectivity index is 2.54. The molecule has 0 aliphatic heterocycles. The number of hydrogen-bond donors (Lipinski definition) is 1. The largest absolute Gasteiger partial charge is 0.396 e. The fourth-order valence-corrected chi connectivity index (χ4v) is 4.29. The molecular weight excluding hydrogens is 196 g/mol. The van der Waals surface area contributed by atoms with E-state index in [4.69, 9.17) is 0 Å². The molecule has 1 N–H and O–H groups in total. The molecule has 0 bridgehead atoms. The normalized spacial score (nSPS) is 40.4. The van der Waals surface area contributed by atoms with Crippen LogP contribution in [0.1, 0.15) is 53.9 Å². The summed E-state index contributed by atoms with van der Waals surface area (Å²) in [6.07, 6.45) is 6.03. The Hall–Kier alpha value is -0.300. The van der Waals surface area contributed by atoms with Gasteiger partial charge in [0.15, 0.2) is 0 Å². The summed E-state index contributed by atoms with van der Waals surface area (Å²) >= 11 is 0. The highest BCUT2D eigenvalue weighted by Crippen LogP contribution is 2.68. The highest BCUT2D eigenvalue weighted by molar-refractivity contribution is 5.31. The molecule has 0 heterocycles. The van der Waals surface area contributed by atoms with Crippen molar-refractivity contribution < 1.29 is 5.11 Å². The average Bonchev–Trinajstić information content (AvgIpc) is 2.38. The maximum atomic E-state index is 9.61. The van der Waals surface area contributed by atoms with Crippen LogP contribution in [0.15, 0.2) is 11.6 Å². The molecule has 0 unspecified atom stereocenters. The SMILES string of the molecule is CC1(C)CCC=C2C[C@H](CO)C(C)(C)[C@]21C. The lowest BCUT2D eigenvalue weighted by Crippen LogP contribution is -2.47. The summed E-state index contributed by atoms with van der Waals surface area (Å²) in [5.41, 5.74) is 2.42. The molecule has 16 heavy (non-hydrogen) atoms. The van der Waals surface area contributed by atoms with Crippen molar-refractivity contribution in [3.8, 4) is 0 Å². The van der Waals surface area contributed by atoms with Gasteiger partial charge in [-0.15, -0.1) is 0 Å². The predicted molar refractivity (Wildman–Crippen MR) is 68.2 cm³/mol. The molecule has 1 fully saturated rings. The zero-order valence-corrected chi connectivity index (χ0v) is 11.4. The minimum absolute atomic E-state index is 0.206. The molecule has 0 aromatic rings. The average molecular weight is 222 g/mol. The molecule has 0 amide bonds. The molecule has 2 aliphatic rings. The number of aliphatic hydroxyl groups excluding tert-OH is 1. The highest BCUT2D eigenvalue weighted by atomic mass is 16.3. The maximum absolute atomic E-state index is 9.61. The number of allylic oxidation sites excluding steroid dienone is 2. The lowest BCUT2D eigenvalue weighted by atomic mass is 9.50. The molecule has 1 saturated carbocycles. The van der Waals surface area contributed by atoms with Crippen LogP contribution in [0.3, 0.4) is 0 Å². The zero-order valence-electron chi connectivity index (χ0n) is 11.4. The van der Waals surface area contributed by atoms with Crippen molar-refractivity contribution >= 4 is 0 Å². The van der Waals surface area contributed by atoms with Crippen LogP contribution in [-0.2, 0) is 0 Å². The van der Waals surface area contributed by atoms with Gasteiger partial charge in [0.25, 0.3) is 0 Å². The Morgan fingerprint density at radius 3 is 2.38 bits per heavy atom. The molecule has 1 nitrogen and oxygen atoms in total. The summed E-state index contributed by atoms with van der Waals surface area (Å²) in [7, 11) is 0. The van der Waals surface area contributed by atoms with E-state index in [0.717, 1.165) is 6.42 Å². The second-order valence-electron chi connectivity index (χ2n) is 7.08. The first-order valence-corrected chi connectivity index (χ1v) is 6.58. The van der Waals surface area contributed by atoms with E-state index in [0.29, 0.717) is 17.9 Å². The van der Waals surface area contributed by atoms with Crippen LogP contribution in [-0.4, -0.2) is 11.7 Å². The summed E-state index contributed by atoms with van der Waals surface area (Å²) < 4.78 is 0. The van der Waals surface area contributed by atoms with Gasteiger partial charge >= 0.3 is 0 Å². The molecule has 2 aliphatic carbocycles. The second kappa shape index (κ2) is 3.35. The van der Waals surface area contributed by atoms with E-state index in [-0.39, 0.29) is 10.8 Å². The van der Waals surface area contributed by atoms with Crippen LogP contribution < -0.4 is 0 Å². The second-order valence-corrected chi connectivity index (χ2v) is 7.08. The number of hydrogen-bond acceptors (Lipinski definition) is 1. The summed E-state index contributed by atoms with van der Waals surface area (Å²) in [5.74, 6) is 0.432. The van der Waals surface area contributed by atoms with E-state index in [1.165, 1.54) is 12.8 Å². The van der Waals surface area contributed by atoms with E-state index in [1.807, 2.05) is 0 Å². The van der Waals surface area contributed by atoms with Crippen LogP contribution in [0.4, 0.5) is 0 Å². The number of rotatable bonds is 1. The Bertz CT molecular complexity index is 324. The van der Waals surface area contributed by atoms with Crippen molar-refractivity contribution in [2.24, 2.45) is 22.2 Å². The van der Waals surface area contributed by atoms with Gasteiger partial charge in [-0.25, -0.2) is 0 Å². The molecule has 0 saturated heterocycles. The summed E-state index contributed by atoms with van der Waals surface area (Å²) in [6, 6.07) is 0. The third-order valence-electron chi connectivity index (χ3n) is 6.15. The Morgan fingerprint density at radius 1 is 1.25 bits per heavy atom. The van der Waals surface area contributed by atoms with Crippen LogP contribution in [0.2, 0.25) is 0 Å². The zero-order chi connectivity index (χ0) is 12.2. The third kappa shape index (κ3) is 1.21. The molecule has 2 atom stereocenters. The van der Waals surface area contributed by atoms with Gasteiger partial charge in [-0.05, 0) is 41.4 Å². The van der Waals surface area contributed by atoms with E-state index in [2.05, 4.69) is 40.7 Å². The van der Waals surface area contributed by atoms with Gasteiger partial charge in [-0.2, -0.15) is 0 Å². The quantitative estimate of drug-likeness (QED) is 0.669. The van der Waals surface area contributed by atoms with Crippen LogP contribution in [0.5, 0.6) is 0 Å². The van der Waals surface area contributed by atoms with Crippen molar-refractivity contribution in [2.45, 2.75) is 53.9 Å². The lowest BCUT2D eigenvalue weighted by molar-refractivity contribution is -0.0264. The Morgan fingerprint density at radius 2 is 1.88 bits per heavy atom. The smallest absolute Gasteiger partial charge is 0.0467 e. The van der Waals surface area contributed by atoms with Gasteiger partial charge in [-0.1, -0.05) is 46.3 Å². The van der Waals surface area contributed by atoms with Crippen molar-refractivity contribution in [2.75, 3.05) is 6.61 Å². The first-order chi connectivity index (χ1) is 7.27. The van der Waals surface area contributed by atoms with Gasteiger partial charge in [0.2, 0.25) is 0 Å².